The SMILES string of the molecule is CCC1CCCCC1C(C)C(C)C(=O)O. The first kappa shape index (κ1) is 12.5. The van der Waals surface area contributed by atoms with Crippen LogP contribution in [0.25, 0.3) is 0 Å². The Morgan fingerprint density at radius 1 is 1.33 bits per heavy atom. The fraction of sp³-hybridized carbons (Fsp3) is 0.923. The lowest BCUT2D eigenvalue weighted by Gasteiger charge is -2.36. The minimum absolute atomic E-state index is 0.192. The van der Waals surface area contributed by atoms with Crippen molar-refractivity contribution in [1.29, 1.82) is 0 Å². The third kappa shape index (κ3) is 2.96. The van der Waals surface area contributed by atoms with Gasteiger partial charge in [-0.25, -0.2) is 0 Å². The van der Waals surface area contributed by atoms with Crippen molar-refractivity contribution in [3.63, 3.8) is 0 Å². The number of hydrogen-bond donors (Lipinski definition) is 1. The van der Waals surface area contributed by atoms with Crippen LogP contribution in [0.3, 0.4) is 0 Å². The van der Waals surface area contributed by atoms with Crippen molar-refractivity contribution >= 4 is 5.97 Å². The van der Waals surface area contributed by atoms with Crippen LogP contribution >= 0.6 is 0 Å². The summed E-state index contributed by atoms with van der Waals surface area (Å²) in [6.07, 6.45) is 6.37. The Bertz CT molecular complexity index is 213. The molecule has 88 valence electrons. The van der Waals surface area contributed by atoms with Crippen LogP contribution in [0.4, 0.5) is 0 Å². The predicted molar refractivity (Wildman–Crippen MR) is 61.7 cm³/mol. The summed E-state index contributed by atoms with van der Waals surface area (Å²) in [6.45, 7) is 6.22. The zero-order chi connectivity index (χ0) is 11.4. The van der Waals surface area contributed by atoms with Crippen LogP contribution in [-0.2, 0) is 4.79 Å². The Balaban J connectivity index is 2.62. The van der Waals surface area contributed by atoms with Gasteiger partial charge in [0.2, 0.25) is 0 Å². The van der Waals surface area contributed by atoms with E-state index in [1.54, 1.807) is 0 Å². The molecular formula is C13H24O2. The maximum absolute atomic E-state index is 11.0. The molecule has 0 aromatic heterocycles. The van der Waals surface area contributed by atoms with E-state index in [1.807, 2.05) is 6.92 Å². The molecule has 1 N–H and O–H groups in total. The number of carboxylic acid groups (broad SMARTS) is 1. The van der Waals surface area contributed by atoms with Crippen LogP contribution in [-0.4, -0.2) is 11.1 Å². The summed E-state index contributed by atoms with van der Waals surface area (Å²) in [6, 6.07) is 0. The molecule has 0 aliphatic heterocycles. The third-order valence-electron chi connectivity index (χ3n) is 4.35. The molecule has 15 heavy (non-hydrogen) atoms. The molecule has 0 aromatic rings. The Kier molecular flexibility index (Phi) is 4.62. The highest BCUT2D eigenvalue weighted by Crippen LogP contribution is 2.39. The van der Waals surface area contributed by atoms with Gasteiger partial charge in [0, 0.05) is 0 Å². The molecule has 0 radical (unpaired) electrons. The van der Waals surface area contributed by atoms with Gasteiger partial charge in [0.1, 0.15) is 0 Å². The van der Waals surface area contributed by atoms with Gasteiger partial charge in [-0.1, -0.05) is 46.5 Å². The molecule has 4 atom stereocenters. The number of hydrogen-bond acceptors (Lipinski definition) is 1. The Morgan fingerprint density at radius 2 is 1.93 bits per heavy atom. The predicted octanol–water partition coefficient (Wildman–Crippen LogP) is 3.56. The molecular weight excluding hydrogens is 188 g/mol. The Labute approximate surface area is 93.1 Å². The first-order chi connectivity index (χ1) is 7.07. The summed E-state index contributed by atoms with van der Waals surface area (Å²) >= 11 is 0. The molecule has 2 nitrogen and oxygen atoms in total. The van der Waals surface area contributed by atoms with E-state index >= 15 is 0 Å². The van der Waals surface area contributed by atoms with Gasteiger partial charge < -0.3 is 5.11 Å². The Hall–Kier alpha value is -0.530. The molecule has 0 heterocycles. The minimum atomic E-state index is -0.636. The van der Waals surface area contributed by atoms with E-state index in [-0.39, 0.29) is 5.92 Å². The van der Waals surface area contributed by atoms with Crippen LogP contribution in [0.5, 0.6) is 0 Å². The molecule has 0 spiro atoms. The molecule has 0 saturated heterocycles. The van der Waals surface area contributed by atoms with Crippen LogP contribution in [0, 0.1) is 23.7 Å². The van der Waals surface area contributed by atoms with Gasteiger partial charge in [0.25, 0.3) is 0 Å². The number of rotatable bonds is 4. The lowest BCUT2D eigenvalue weighted by atomic mass is 9.68. The van der Waals surface area contributed by atoms with Crippen LogP contribution in [0.15, 0.2) is 0 Å². The van der Waals surface area contributed by atoms with E-state index in [4.69, 9.17) is 5.11 Å². The van der Waals surface area contributed by atoms with Crippen molar-refractivity contribution in [2.24, 2.45) is 23.7 Å². The monoisotopic (exact) mass is 212 g/mol. The molecule has 1 saturated carbocycles. The van der Waals surface area contributed by atoms with Crippen molar-refractivity contribution in [3.05, 3.63) is 0 Å². The highest BCUT2D eigenvalue weighted by molar-refractivity contribution is 5.69. The average Bonchev–Trinajstić information content (AvgIpc) is 2.26. The first-order valence-electron chi connectivity index (χ1n) is 6.30. The van der Waals surface area contributed by atoms with E-state index in [0.29, 0.717) is 11.8 Å². The summed E-state index contributed by atoms with van der Waals surface area (Å²) < 4.78 is 0. The fourth-order valence-electron chi connectivity index (χ4n) is 3.03. The molecule has 1 rings (SSSR count). The average molecular weight is 212 g/mol. The van der Waals surface area contributed by atoms with Gasteiger partial charge in [0.05, 0.1) is 5.92 Å². The summed E-state index contributed by atoms with van der Waals surface area (Å²) in [5.41, 5.74) is 0. The summed E-state index contributed by atoms with van der Waals surface area (Å²) in [7, 11) is 0. The van der Waals surface area contributed by atoms with E-state index < -0.39 is 5.97 Å². The topological polar surface area (TPSA) is 37.3 Å². The maximum atomic E-state index is 11.0. The normalized spacial score (nSPS) is 30.9. The second-order valence-corrected chi connectivity index (χ2v) is 5.10. The van der Waals surface area contributed by atoms with E-state index in [2.05, 4.69) is 13.8 Å². The zero-order valence-corrected chi connectivity index (χ0v) is 10.2. The minimum Gasteiger partial charge on any atom is -0.481 e. The van der Waals surface area contributed by atoms with Gasteiger partial charge in [-0.05, 0) is 24.2 Å². The van der Waals surface area contributed by atoms with Crippen LogP contribution < -0.4 is 0 Å². The van der Waals surface area contributed by atoms with Gasteiger partial charge in [-0.3, -0.25) is 4.79 Å². The molecule has 4 unspecified atom stereocenters. The van der Waals surface area contributed by atoms with Crippen molar-refractivity contribution < 1.29 is 9.90 Å². The maximum Gasteiger partial charge on any atom is 0.306 e. The molecule has 0 amide bonds. The molecule has 2 heteroatoms. The van der Waals surface area contributed by atoms with E-state index in [9.17, 15) is 4.79 Å². The highest BCUT2D eigenvalue weighted by Gasteiger charge is 2.33. The van der Waals surface area contributed by atoms with E-state index in [1.165, 1.54) is 32.1 Å². The molecule has 0 aromatic carbocycles. The standard InChI is InChI=1S/C13H24O2/c1-4-11-7-5-6-8-12(11)9(2)10(3)13(14)15/h9-12H,4-8H2,1-3H3,(H,14,15). The molecule has 0 bridgehead atoms. The number of carbonyl (C=O) groups is 1. The Morgan fingerprint density at radius 3 is 2.47 bits per heavy atom. The van der Waals surface area contributed by atoms with Gasteiger partial charge >= 0.3 is 5.97 Å². The van der Waals surface area contributed by atoms with Crippen molar-refractivity contribution in [2.75, 3.05) is 0 Å². The van der Waals surface area contributed by atoms with Gasteiger partial charge in [-0.15, -0.1) is 0 Å². The largest absolute Gasteiger partial charge is 0.481 e. The zero-order valence-electron chi connectivity index (χ0n) is 10.2. The van der Waals surface area contributed by atoms with Crippen LogP contribution in [0.2, 0.25) is 0 Å². The third-order valence-corrected chi connectivity index (χ3v) is 4.35. The van der Waals surface area contributed by atoms with Gasteiger partial charge in [-0.2, -0.15) is 0 Å². The van der Waals surface area contributed by atoms with Crippen molar-refractivity contribution in [1.82, 2.24) is 0 Å². The number of carboxylic acids is 1. The fourth-order valence-corrected chi connectivity index (χ4v) is 3.03. The lowest BCUT2D eigenvalue weighted by molar-refractivity contribution is -0.144. The summed E-state index contributed by atoms with van der Waals surface area (Å²) in [4.78, 5) is 11.0. The molecule has 1 fully saturated rings. The van der Waals surface area contributed by atoms with Crippen LogP contribution in [0.1, 0.15) is 52.9 Å². The first-order valence-corrected chi connectivity index (χ1v) is 6.30. The quantitative estimate of drug-likeness (QED) is 0.773. The smallest absolute Gasteiger partial charge is 0.306 e. The molecule has 1 aliphatic carbocycles. The second-order valence-electron chi connectivity index (χ2n) is 5.10. The summed E-state index contributed by atoms with van der Waals surface area (Å²) in [5, 5.41) is 9.04. The summed E-state index contributed by atoms with van der Waals surface area (Å²) in [5.74, 6) is 0.892. The molecule has 1 aliphatic rings. The highest BCUT2D eigenvalue weighted by atomic mass is 16.4. The van der Waals surface area contributed by atoms with E-state index in [0.717, 1.165) is 5.92 Å². The number of aliphatic carboxylic acids is 1. The van der Waals surface area contributed by atoms with Crippen molar-refractivity contribution in [3.8, 4) is 0 Å². The second kappa shape index (κ2) is 5.53. The lowest BCUT2D eigenvalue weighted by Crippen LogP contribution is -2.31. The van der Waals surface area contributed by atoms with Gasteiger partial charge in [0.15, 0.2) is 0 Å². The van der Waals surface area contributed by atoms with Crippen molar-refractivity contribution in [2.45, 2.75) is 52.9 Å².